The monoisotopic (exact) mass is 312 g/mol. The highest BCUT2D eigenvalue weighted by molar-refractivity contribution is 9.08. The lowest BCUT2D eigenvalue weighted by Gasteiger charge is -2.26. The highest BCUT2D eigenvalue weighted by Crippen LogP contribution is 2.26. The van der Waals surface area contributed by atoms with Gasteiger partial charge >= 0.3 is 0 Å². The summed E-state index contributed by atoms with van der Waals surface area (Å²) in [5.41, 5.74) is 2.27. The Morgan fingerprint density at radius 1 is 1.50 bits per heavy atom. The Balaban J connectivity index is 3.07. The number of aromatic nitrogens is 2. The van der Waals surface area contributed by atoms with Gasteiger partial charge in [-0.15, -0.1) is 0 Å². The molecule has 0 unspecified atom stereocenters. The molecule has 1 aromatic heterocycles. The summed E-state index contributed by atoms with van der Waals surface area (Å²) in [6, 6.07) is 2.22. The quantitative estimate of drug-likeness (QED) is 0.758. The third kappa shape index (κ3) is 3.49. The molecule has 1 rings (SSSR count). The lowest BCUT2D eigenvalue weighted by atomic mass is 10.2. The summed E-state index contributed by atoms with van der Waals surface area (Å²) < 4.78 is 1.92. The fourth-order valence-corrected chi connectivity index (χ4v) is 2.81. The van der Waals surface area contributed by atoms with Crippen LogP contribution in [-0.2, 0) is 12.4 Å². The summed E-state index contributed by atoms with van der Waals surface area (Å²) in [6.45, 7) is 8.11. The zero-order valence-corrected chi connectivity index (χ0v) is 13.2. The maximum absolute atomic E-state index is 8.79. The molecule has 0 aliphatic rings. The van der Waals surface area contributed by atoms with Crippen LogP contribution in [0.5, 0.6) is 0 Å². The number of anilines is 1. The Kier molecular flexibility index (Phi) is 5.67. The minimum Gasteiger partial charge on any atom is -0.355 e. The second kappa shape index (κ2) is 6.79. The van der Waals surface area contributed by atoms with Gasteiger partial charge < -0.3 is 4.90 Å². The molecule has 0 saturated heterocycles. The lowest BCUT2D eigenvalue weighted by Crippen LogP contribution is -2.31. The average Bonchev–Trinajstić information content (AvgIpc) is 2.58. The predicted molar refractivity (Wildman–Crippen MR) is 77.9 cm³/mol. The summed E-state index contributed by atoms with van der Waals surface area (Å²) in [5, 5.41) is 14.1. The molecule has 0 aliphatic heterocycles. The molecule has 0 radical (unpaired) electrons. The molecule has 1 heterocycles. The molecule has 0 spiro atoms. The lowest BCUT2D eigenvalue weighted by molar-refractivity contribution is 0.592. The number of hydrogen-bond acceptors (Lipinski definition) is 3. The van der Waals surface area contributed by atoms with Crippen LogP contribution in [0.25, 0.3) is 0 Å². The molecule has 1 aromatic rings. The molecule has 100 valence electrons. The van der Waals surface area contributed by atoms with E-state index in [0.717, 1.165) is 29.9 Å². The first-order valence-electron chi connectivity index (χ1n) is 6.21. The van der Waals surface area contributed by atoms with Crippen molar-refractivity contribution in [3.05, 3.63) is 11.3 Å². The van der Waals surface area contributed by atoms with E-state index in [1.807, 2.05) is 18.7 Å². The van der Waals surface area contributed by atoms with Crippen molar-refractivity contribution in [2.75, 3.05) is 18.0 Å². The van der Waals surface area contributed by atoms with E-state index in [4.69, 9.17) is 5.26 Å². The van der Waals surface area contributed by atoms with E-state index in [9.17, 15) is 0 Å². The van der Waals surface area contributed by atoms with Gasteiger partial charge in [0.2, 0.25) is 0 Å². The maximum atomic E-state index is 8.79. The van der Waals surface area contributed by atoms with Crippen LogP contribution in [0.2, 0.25) is 0 Å². The summed E-state index contributed by atoms with van der Waals surface area (Å²) >= 11 is 3.53. The highest BCUT2D eigenvalue weighted by Gasteiger charge is 2.19. The van der Waals surface area contributed by atoms with E-state index in [-0.39, 0.29) is 0 Å². The van der Waals surface area contributed by atoms with Crippen molar-refractivity contribution in [3.63, 3.8) is 0 Å². The molecule has 5 heteroatoms. The van der Waals surface area contributed by atoms with Gasteiger partial charge in [0.05, 0.1) is 18.2 Å². The fraction of sp³-hybridized carbons (Fsp3) is 0.692. The molecule has 18 heavy (non-hydrogen) atoms. The van der Waals surface area contributed by atoms with Crippen LogP contribution in [0.1, 0.15) is 31.5 Å². The van der Waals surface area contributed by atoms with Crippen molar-refractivity contribution >= 4 is 21.7 Å². The van der Waals surface area contributed by atoms with Crippen LogP contribution >= 0.6 is 15.9 Å². The SMILES string of the molecule is Cc1nn(C)c(N(CCC#N)CC(C)C)c1CBr. The van der Waals surface area contributed by atoms with Crippen molar-refractivity contribution in [1.82, 2.24) is 9.78 Å². The summed E-state index contributed by atoms with van der Waals surface area (Å²) in [4.78, 5) is 2.27. The van der Waals surface area contributed by atoms with Crippen molar-refractivity contribution in [1.29, 1.82) is 5.26 Å². The van der Waals surface area contributed by atoms with E-state index >= 15 is 0 Å². The normalized spacial score (nSPS) is 10.7. The van der Waals surface area contributed by atoms with Crippen molar-refractivity contribution in [2.45, 2.75) is 32.5 Å². The van der Waals surface area contributed by atoms with Crippen molar-refractivity contribution in [2.24, 2.45) is 13.0 Å². The molecular formula is C13H21BrN4. The van der Waals surface area contributed by atoms with Gasteiger partial charge in [0.1, 0.15) is 5.82 Å². The van der Waals surface area contributed by atoms with E-state index in [1.165, 1.54) is 5.56 Å². The van der Waals surface area contributed by atoms with Crippen molar-refractivity contribution < 1.29 is 0 Å². The van der Waals surface area contributed by atoms with Crippen molar-refractivity contribution in [3.8, 4) is 6.07 Å². The van der Waals surface area contributed by atoms with Gasteiger partial charge in [-0.25, -0.2) is 0 Å². The van der Waals surface area contributed by atoms with Gasteiger partial charge in [-0.2, -0.15) is 10.4 Å². The first-order chi connectivity index (χ1) is 8.51. The van der Waals surface area contributed by atoms with Crippen LogP contribution in [0.3, 0.4) is 0 Å². The van der Waals surface area contributed by atoms with Gasteiger partial charge in [-0.3, -0.25) is 4.68 Å². The van der Waals surface area contributed by atoms with Gasteiger partial charge in [-0.05, 0) is 12.8 Å². The molecule has 4 nitrogen and oxygen atoms in total. The number of halogens is 1. The number of nitriles is 1. The zero-order valence-electron chi connectivity index (χ0n) is 11.6. The molecule has 0 N–H and O–H groups in total. The van der Waals surface area contributed by atoms with Crippen LogP contribution in [0.4, 0.5) is 5.82 Å². The van der Waals surface area contributed by atoms with Crippen LogP contribution in [0.15, 0.2) is 0 Å². The smallest absolute Gasteiger partial charge is 0.130 e. The standard InChI is InChI=1S/C13H21BrN4/c1-10(2)9-18(7-5-6-15)13-12(8-14)11(3)16-17(13)4/h10H,5,7-9H2,1-4H3. The predicted octanol–water partition coefficient (Wildman–Crippen LogP) is 3.00. The van der Waals surface area contributed by atoms with E-state index in [2.05, 4.69) is 45.8 Å². The molecule has 0 atom stereocenters. The summed E-state index contributed by atoms with van der Waals surface area (Å²) in [6.07, 6.45) is 0.540. The fourth-order valence-electron chi connectivity index (χ4n) is 2.15. The number of rotatable bonds is 6. The second-order valence-corrected chi connectivity index (χ2v) is 5.45. The second-order valence-electron chi connectivity index (χ2n) is 4.89. The maximum Gasteiger partial charge on any atom is 0.130 e. The van der Waals surface area contributed by atoms with E-state index in [1.54, 1.807) is 0 Å². The van der Waals surface area contributed by atoms with Crippen LogP contribution in [-0.4, -0.2) is 22.9 Å². The minimum atomic E-state index is 0.540. The Bertz CT molecular complexity index is 431. The molecule has 0 fully saturated rings. The van der Waals surface area contributed by atoms with Crippen LogP contribution in [0, 0.1) is 24.2 Å². The van der Waals surface area contributed by atoms with E-state index < -0.39 is 0 Å². The Labute approximate surface area is 118 Å². The summed E-state index contributed by atoms with van der Waals surface area (Å²) in [5.74, 6) is 1.69. The first-order valence-corrected chi connectivity index (χ1v) is 7.33. The number of alkyl halides is 1. The molecular weight excluding hydrogens is 292 g/mol. The average molecular weight is 313 g/mol. The van der Waals surface area contributed by atoms with E-state index in [0.29, 0.717) is 12.3 Å². The first kappa shape index (κ1) is 15.0. The third-order valence-corrected chi connectivity index (χ3v) is 3.39. The molecule has 0 bridgehead atoms. The minimum absolute atomic E-state index is 0.540. The number of hydrogen-bond donors (Lipinski definition) is 0. The molecule has 0 aromatic carbocycles. The molecule has 0 saturated carbocycles. The number of nitrogens with zero attached hydrogens (tertiary/aromatic N) is 4. The van der Waals surface area contributed by atoms with Gasteiger partial charge in [0.15, 0.2) is 0 Å². The molecule has 0 amide bonds. The largest absolute Gasteiger partial charge is 0.355 e. The highest BCUT2D eigenvalue weighted by atomic mass is 79.9. The van der Waals surface area contributed by atoms with Gasteiger partial charge in [0.25, 0.3) is 0 Å². The Morgan fingerprint density at radius 3 is 2.67 bits per heavy atom. The third-order valence-electron chi connectivity index (χ3n) is 2.83. The van der Waals surface area contributed by atoms with Gasteiger partial charge in [0, 0.05) is 31.0 Å². The molecule has 0 aliphatic carbocycles. The number of aryl methyl sites for hydroxylation is 2. The van der Waals surface area contributed by atoms with Gasteiger partial charge in [-0.1, -0.05) is 29.8 Å². The zero-order chi connectivity index (χ0) is 13.7. The topological polar surface area (TPSA) is 44.9 Å². The Morgan fingerprint density at radius 2 is 2.17 bits per heavy atom. The Hall–Kier alpha value is -1.02. The van der Waals surface area contributed by atoms with Crippen LogP contribution < -0.4 is 4.90 Å². The summed E-state index contributed by atoms with van der Waals surface area (Å²) in [7, 11) is 1.97.